The Kier molecular flexibility index (Phi) is 18.8. The van der Waals surface area contributed by atoms with E-state index in [2.05, 4.69) is 15.0 Å². The van der Waals surface area contributed by atoms with Gasteiger partial charge in [0.15, 0.2) is 17.2 Å². The fourth-order valence-corrected chi connectivity index (χ4v) is 7.01. The summed E-state index contributed by atoms with van der Waals surface area (Å²) in [5.74, 6) is -1.32. The lowest BCUT2D eigenvalue weighted by Gasteiger charge is -2.31. The second kappa shape index (κ2) is 23.7. The number of allylic oxidation sites excluding steroid dienone is 2. The van der Waals surface area contributed by atoms with Gasteiger partial charge in [0.25, 0.3) is 0 Å². The van der Waals surface area contributed by atoms with Crippen molar-refractivity contribution in [2.45, 2.75) is 110 Å². The molecule has 1 aliphatic heterocycles. The molecule has 3 aromatic rings. The number of ketones is 2. The number of Topliss-reactive ketones (excluding diaryl/α,β-unsaturated/α-hetero) is 1. The molecule has 1 amide bonds. The number of aliphatic hydroxyl groups is 1. The van der Waals surface area contributed by atoms with E-state index in [0.29, 0.717) is 67.9 Å². The van der Waals surface area contributed by atoms with Crippen molar-refractivity contribution in [1.82, 2.24) is 19.9 Å². The Hall–Kier alpha value is -5.03. The predicted molar refractivity (Wildman–Crippen MR) is 219 cm³/mol. The summed E-state index contributed by atoms with van der Waals surface area (Å²) in [6, 6.07) is 0. The van der Waals surface area contributed by atoms with E-state index < -0.39 is 30.2 Å². The molecule has 6 bridgehead atoms. The quantitative estimate of drug-likeness (QED) is 0.121. The normalized spacial score (nSPS) is 24.1. The molecule has 2 unspecified atom stereocenters. The maximum absolute atomic E-state index is 13.3. The average Bonchev–Trinajstić information content (AvgIpc) is 4.03. The van der Waals surface area contributed by atoms with Crippen LogP contribution in [0.4, 0.5) is 0 Å². The number of methoxy groups -OCH3 is 3. The maximum atomic E-state index is 13.3. The van der Waals surface area contributed by atoms with Crippen molar-refractivity contribution in [2.75, 3.05) is 28.4 Å². The molecule has 16 heteroatoms. The van der Waals surface area contributed by atoms with Crippen LogP contribution >= 0.6 is 0 Å². The number of carbonyl (C=O) groups is 4. The van der Waals surface area contributed by atoms with Gasteiger partial charge in [-0.05, 0) is 56.1 Å². The first kappa shape index (κ1) is 47.6. The number of nitrogens with zero attached hydrogens (tertiary/aromatic N) is 4. The monoisotopic (exact) mass is 836 g/mol. The summed E-state index contributed by atoms with van der Waals surface area (Å²) in [4.78, 5) is 65.5. The number of amides is 1. The van der Waals surface area contributed by atoms with Crippen molar-refractivity contribution in [3.05, 3.63) is 60.9 Å². The van der Waals surface area contributed by atoms with E-state index in [0.717, 1.165) is 0 Å². The number of rotatable bonds is 15. The molecule has 328 valence electrons. The van der Waals surface area contributed by atoms with Gasteiger partial charge in [0.05, 0.1) is 30.7 Å². The van der Waals surface area contributed by atoms with Crippen molar-refractivity contribution in [1.29, 1.82) is 0 Å². The maximum Gasteiger partial charge on any atom is 0.308 e. The molecular formula is C44H60N4O12. The van der Waals surface area contributed by atoms with Gasteiger partial charge in [-0.15, -0.1) is 0 Å². The third kappa shape index (κ3) is 13.8. The summed E-state index contributed by atoms with van der Waals surface area (Å²) < 4.78 is 40.2. The Morgan fingerprint density at radius 1 is 0.967 bits per heavy atom. The second-order valence-corrected chi connectivity index (χ2v) is 15.5. The molecule has 9 atom stereocenters. The summed E-state index contributed by atoms with van der Waals surface area (Å²) in [5, 5.41) is 10.8. The van der Waals surface area contributed by atoms with Gasteiger partial charge in [-0.2, -0.15) is 0 Å². The molecule has 0 spiro atoms. The average molecular weight is 837 g/mol. The lowest BCUT2D eigenvalue weighted by atomic mass is 9.86. The van der Waals surface area contributed by atoms with E-state index in [1.165, 1.54) is 43.0 Å². The number of oxazole rings is 3. The lowest BCUT2D eigenvalue weighted by molar-refractivity contribution is -0.156. The molecule has 60 heavy (non-hydrogen) atoms. The molecule has 4 heterocycles. The molecule has 0 saturated heterocycles. The Morgan fingerprint density at radius 2 is 1.67 bits per heavy atom. The van der Waals surface area contributed by atoms with Crippen molar-refractivity contribution in [3.8, 4) is 23.2 Å². The predicted octanol–water partition coefficient (Wildman–Crippen LogP) is 6.96. The van der Waals surface area contributed by atoms with Gasteiger partial charge in [0.2, 0.25) is 24.1 Å². The zero-order chi connectivity index (χ0) is 43.8. The van der Waals surface area contributed by atoms with Gasteiger partial charge in [0.1, 0.15) is 42.5 Å². The number of carbonyl (C=O) groups excluding carboxylic acids is 4. The van der Waals surface area contributed by atoms with E-state index in [-0.39, 0.29) is 66.2 Å². The van der Waals surface area contributed by atoms with E-state index in [1.54, 1.807) is 46.5 Å². The van der Waals surface area contributed by atoms with Crippen LogP contribution in [-0.2, 0) is 38.1 Å². The lowest BCUT2D eigenvalue weighted by Crippen LogP contribution is -2.34. The molecule has 0 radical (unpaired) electrons. The third-order valence-electron chi connectivity index (χ3n) is 11.0. The SMILES string of the molecule is COC1c2coc(n2)-c2coc(n2)-c2coc(n2)/C=C/CC[C@@H](C)[C@@H](C[C@H](OC)[C@@H](C)CCC(=O)[C@H](C)[C@@H](C/C=C/N(C)C=O)OC)OC(=O)CC(O)C/C=C/C(=O)[C@@H]1C. The molecule has 0 fully saturated rings. The van der Waals surface area contributed by atoms with Crippen LogP contribution in [0.5, 0.6) is 0 Å². The van der Waals surface area contributed by atoms with Crippen molar-refractivity contribution >= 4 is 30.0 Å². The van der Waals surface area contributed by atoms with Crippen LogP contribution in [0.3, 0.4) is 0 Å². The zero-order valence-electron chi connectivity index (χ0n) is 35.9. The van der Waals surface area contributed by atoms with E-state index in [4.69, 9.17) is 32.2 Å². The first-order chi connectivity index (χ1) is 28.8. The third-order valence-corrected chi connectivity index (χ3v) is 11.0. The van der Waals surface area contributed by atoms with Gasteiger partial charge in [-0.1, -0.05) is 45.9 Å². The highest BCUT2D eigenvalue weighted by Gasteiger charge is 2.31. The van der Waals surface area contributed by atoms with Gasteiger partial charge in [-0.25, -0.2) is 15.0 Å². The number of cyclic esters (lactones) is 1. The number of hydrogen-bond acceptors (Lipinski definition) is 15. The number of esters is 1. The van der Waals surface area contributed by atoms with Crippen molar-refractivity contribution in [2.24, 2.45) is 23.7 Å². The second-order valence-electron chi connectivity index (χ2n) is 15.5. The van der Waals surface area contributed by atoms with Crippen LogP contribution in [0.1, 0.15) is 96.8 Å². The van der Waals surface area contributed by atoms with Crippen molar-refractivity contribution in [3.63, 3.8) is 0 Å². The molecule has 1 N–H and O–H groups in total. The fraction of sp³-hybridized carbons (Fsp3) is 0.568. The van der Waals surface area contributed by atoms with Crippen LogP contribution < -0.4 is 0 Å². The topological polar surface area (TPSA) is 207 Å². The highest BCUT2D eigenvalue weighted by atomic mass is 16.5. The van der Waals surface area contributed by atoms with E-state index in [1.807, 2.05) is 26.8 Å². The highest BCUT2D eigenvalue weighted by Crippen LogP contribution is 2.31. The number of hydrogen-bond donors (Lipinski definition) is 1. The summed E-state index contributed by atoms with van der Waals surface area (Å²) in [6.45, 7) is 7.54. The van der Waals surface area contributed by atoms with Gasteiger partial charge >= 0.3 is 5.97 Å². The molecule has 0 aliphatic carbocycles. The smallest absolute Gasteiger partial charge is 0.308 e. The van der Waals surface area contributed by atoms with E-state index >= 15 is 0 Å². The minimum atomic E-state index is -1.10. The molecule has 3 aromatic heterocycles. The Bertz CT molecular complexity index is 1910. The van der Waals surface area contributed by atoms with E-state index in [9.17, 15) is 24.3 Å². The molecular weight excluding hydrogens is 777 g/mol. The number of aromatic nitrogens is 3. The standard InChI is InChI=1S/C44H60N4O12/c1-27-13-9-10-17-40-45-33(24-57-40)43-47-34(25-59-43)44-46-32(23-58-44)42(56-8)30(4)35(51)15-11-14-31(50)21-41(53)60-39(27)22-38(55-7)28(2)18-19-36(52)29(3)37(54-6)16-12-20-48(5)26-49/h10-12,15,17,20,23-31,37-39,42,50H,9,13-14,16,18-19,21-22H2,1-8H3/b15-11+,17-10+,20-12+/t27-,28+,29+,30+,31?,37-,38+,39-,42?/m1/s1. The zero-order valence-corrected chi connectivity index (χ0v) is 35.9. The molecule has 16 nitrogen and oxygen atoms in total. The summed E-state index contributed by atoms with van der Waals surface area (Å²) >= 11 is 0. The highest BCUT2D eigenvalue weighted by molar-refractivity contribution is 5.92. The minimum absolute atomic E-state index is 0.0431. The molecule has 1 aliphatic rings. The number of fused-ring (bicyclic) bond motifs is 8. The Balaban J connectivity index is 1.48. The number of aliphatic hydroxyl groups excluding tert-OH is 1. The molecule has 0 aromatic carbocycles. The molecule has 0 saturated carbocycles. The van der Waals surface area contributed by atoms with Gasteiger partial charge < -0.3 is 42.2 Å². The largest absolute Gasteiger partial charge is 0.462 e. The first-order valence-corrected chi connectivity index (χ1v) is 20.3. The van der Waals surface area contributed by atoms with Gasteiger partial charge in [-0.3, -0.25) is 19.2 Å². The summed E-state index contributed by atoms with van der Waals surface area (Å²) in [5.41, 5.74) is 1.07. The van der Waals surface area contributed by atoms with Crippen LogP contribution in [0.15, 0.2) is 62.5 Å². The van der Waals surface area contributed by atoms with Crippen LogP contribution in [0.25, 0.3) is 29.2 Å². The van der Waals surface area contributed by atoms with Crippen LogP contribution in [0.2, 0.25) is 0 Å². The summed E-state index contributed by atoms with van der Waals surface area (Å²) in [6.07, 6.45) is 14.5. The first-order valence-electron chi connectivity index (χ1n) is 20.3. The number of ether oxygens (including phenoxy) is 4. The van der Waals surface area contributed by atoms with Crippen LogP contribution in [-0.4, -0.2) is 102 Å². The van der Waals surface area contributed by atoms with Crippen LogP contribution in [0, 0.1) is 23.7 Å². The summed E-state index contributed by atoms with van der Waals surface area (Å²) in [7, 11) is 6.27. The molecule has 4 rings (SSSR count). The Morgan fingerprint density at radius 3 is 2.38 bits per heavy atom. The van der Waals surface area contributed by atoms with Crippen molar-refractivity contribution < 1.29 is 56.5 Å². The Labute approximate surface area is 351 Å². The fourth-order valence-electron chi connectivity index (χ4n) is 7.01. The minimum Gasteiger partial charge on any atom is -0.462 e. The van der Waals surface area contributed by atoms with Gasteiger partial charge in [0, 0.05) is 53.3 Å².